The van der Waals surface area contributed by atoms with Crippen LogP contribution in [-0.2, 0) is 9.53 Å². The van der Waals surface area contributed by atoms with Crippen LogP contribution in [0.2, 0.25) is 0 Å². The van der Waals surface area contributed by atoms with E-state index in [1.165, 1.54) is 0 Å². The third kappa shape index (κ3) is 4.97. The van der Waals surface area contributed by atoms with Crippen molar-refractivity contribution in [2.75, 3.05) is 27.4 Å². The van der Waals surface area contributed by atoms with E-state index in [-0.39, 0.29) is 23.0 Å². The fourth-order valence-corrected chi connectivity index (χ4v) is 3.05. The molecule has 8 heteroatoms. The first-order valence-electron chi connectivity index (χ1n) is 9.64. The van der Waals surface area contributed by atoms with Gasteiger partial charge in [0.15, 0.2) is 0 Å². The van der Waals surface area contributed by atoms with Crippen molar-refractivity contribution in [3.8, 4) is 11.8 Å². The fraction of sp³-hybridized carbons (Fsp3) is 0.217. The first-order valence-corrected chi connectivity index (χ1v) is 9.64. The molecule has 2 N–H and O–H groups in total. The topological polar surface area (TPSA) is 113 Å². The van der Waals surface area contributed by atoms with E-state index in [0.717, 1.165) is 0 Å². The highest BCUT2D eigenvalue weighted by Gasteiger charge is 2.27. The van der Waals surface area contributed by atoms with Gasteiger partial charge in [-0.15, -0.1) is 0 Å². The molecule has 2 amide bonds. The van der Waals surface area contributed by atoms with E-state index < -0.39 is 5.91 Å². The second-order valence-corrected chi connectivity index (χ2v) is 6.63. The van der Waals surface area contributed by atoms with Crippen LogP contribution in [-0.4, -0.2) is 45.0 Å². The van der Waals surface area contributed by atoms with Crippen LogP contribution in [0.25, 0.3) is 5.70 Å². The number of hydrogen-bond donors (Lipinski definition) is 2. The average molecular weight is 418 g/mol. The standard InChI is InChI=1S/C23H22N4O4/c1-30-13-5-12-25-23(29)19(14-24)20-17-6-3-4-7-18(17)21(26-20)27-22(28)15-8-10-16(31-2)11-9-15/h3-4,6-11H,5,12-13H2,1-2H3,(H,25,29)(H,26,27,28). The lowest BCUT2D eigenvalue weighted by atomic mass is 10.0. The molecular weight excluding hydrogens is 396 g/mol. The Morgan fingerprint density at radius 1 is 1.06 bits per heavy atom. The highest BCUT2D eigenvalue weighted by molar-refractivity contribution is 6.20. The largest absolute Gasteiger partial charge is 0.497 e. The number of amides is 2. The van der Waals surface area contributed by atoms with Gasteiger partial charge in [-0.05, 0) is 30.7 Å². The van der Waals surface area contributed by atoms with Crippen LogP contribution in [0.1, 0.15) is 27.9 Å². The Balaban J connectivity index is 1.88. The van der Waals surface area contributed by atoms with Crippen molar-refractivity contribution in [3.63, 3.8) is 0 Å². The van der Waals surface area contributed by atoms with Gasteiger partial charge in [0.25, 0.3) is 11.8 Å². The molecular formula is C23H22N4O4. The predicted molar refractivity (Wildman–Crippen MR) is 115 cm³/mol. The summed E-state index contributed by atoms with van der Waals surface area (Å²) < 4.78 is 10.1. The maximum Gasteiger partial charge on any atom is 0.264 e. The number of aliphatic imine (C=N–C) groups is 1. The minimum absolute atomic E-state index is 0.112. The zero-order chi connectivity index (χ0) is 22.2. The van der Waals surface area contributed by atoms with Crippen molar-refractivity contribution in [2.24, 2.45) is 4.99 Å². The lowest BCUT2D eigenvalue weighted by molar-refractivity contribution is -0.117. The summed E-state index contributed by atoms with van der Waals surface area (Å²) in [4.78, 5) is 29.7. The second-order valence-electron chi connectivity index (χ2n) is 6.63. The second kappa shape index (κ2) is 10.2. The molecule has 0 radical (unpaired) electrons. The number of hydrogen-bond acceptors (Lipinski definition) is 6. The molecule has 0 saturated carbocycles. The molecule has 2 aromatic carbocycles. The minimum atomic E-state index is -0.519. The van der Waals surface area contributed by atoms with Crippen LogP contribution in [0.15, 0.2) is 59.1 Å². The highest BCUT2D eigenvalue weighted by Crippen LogP contribution is 2.30. The Bertz CT molecular complexity index is 1080. The number of methoxy groups -OCH3 is 2. The zero-order valence-corrected chi connectivity index (χ0v) is 17.3. The third-order valence-corrected chi connectivity index (χ3v) is 4.63. The van der Waals surface area contributed by atoms with Gasteiger partial charge in [0.05, 0.1) is 12.8 Å². The van der Waals surface area contributed by atoms with Crippen molar-refractivity contribution in [3.05, 3.63) is 70.8 Å². The Morgan fingerprint density at radius 2 is 1.77 bits per heavy atom. The molecule has 8 nitrogen and oxygen atoms in total. The minimum Gasteiger partial charge on any atom is -0.497 e. The molecule has 31 heavy (non-hydrogen) atoms. The molecule has 0 bridgehead atoms. The molecule has 3 rings (SSSR count). The predicted octanol–water partition coefficient (Wildman–Crippen LogP) is 2.27. The van der Waals surface area contributed by atoms with Gasteiger partial charge in [0.1, 0.15) is 23.2 Å². The van der Waals surface area contributed by atoms with Crippen LogP contribution < -0.4 is 15.4 Å². The molecule has 158 valence electrons. The number of fused-ring (bicyclic) bond motifs is 1. The van der Waals surface area contributed by atoms with Crippen LogP contribution in [0, 0.1) is 11.3 Å². The van der Waals surface area contributed by atoms with E-state index in [4.69, 9.17) is 9.47 Å². The summed E-state index contributed by atoms with van der Waals surface area (Å²) in [5, 5.41) is 15.1. The maximum absolute atomic E-state index is 12.7. The van der Waals surface area contributed by atoms with Crippen LogP contribution >= 0.6 is 0 Å². The quantitative estimate of drug-likeness (QED) is 0.407. The number of carbonyl (C=O) groups excluding carboxylic acids is 2. The number of nitrogens with zero attached hydrogens (tertiary/aromatic N) is 2. The summed E-state index contributed by atoms with van der Waals surface area (Å²) in [7, 11) is 3.13. The molecule has 0 unspecified atom stereocenters. The molecule has 2 aromatic rings. The summed E-state index contributed by atoms with van der Waals surface area (Å²) in [5.41, 5.74) is 1.79. The molecule has 0 spiro atoms. The lowest BCUT2D eigenvalue weighted by Crippen LogP contribution is -2.30. The van der Waals surface area contributed by atoms with Crippen molar-refractivity contribution in [2.45, 2.75) is 6.42 Å². The Labute approximate surface area is 180 Å². The van der Waals surface area contributed by atoms with Gasteiger partial charge in [-0.2, -0.15) is 5.26 Å². The SMILES string of the molecule is COCCCNC(=O)C(C#N)=C1N=C(NC(=O)c2ccc(OC)cc2)c2ccccc21. The van der Waals surface area contributed by atoms with E-state index in [2.05, 4.69) is 15.6 Å². The van der Waals surface area contributed by atoms with Crippen molar-refractivity contribution >= 4 is 23.3 Å². The lowest BCUT2D eigenvalue weighted by Gasteiger charge is -2.07. The Kier molecular flexibility index (Phi) is 7.14. The summed E-state index contributed by atoms with van der Waals surface area (Å²) in [6.45, 7) is 0.874. The van der Waals surface area contributed by atoms with Crippen LogP contribution in [0.5, 0.6) is 5.75 Å². The normalized spacial score (nSPS) is 13.5. The average Bonchev–Trinajstić information content (AvgIpc) is 3.15. The number of amidine groups is 1. The van der Waals surface area contributed by atoms with Crippen molar-refractivity contribution in [1.29, 1.82) is 5.26 Å². The molecule has 1 aliphatic rings. The summed E-state index contributed by atoms with van der Waals surface area (Å²) >= 11 is 0. The maximum atomic E-state index is 12.7. The highest BCUT2D eigenvalue weighted by atomic mass is 16.5. The molecule has 0 saturated heterocycles. The van der Waals surface area contributed by atoms with Crippen LogP contribution in [0.4, 0.5) is 0 Å². The van der Waals surface area contributed by atoms with Gasteiger partial charge in [-0.25, -0.2) is 4.99 Å². The number of rotatable bonds is 7. The number of nitriles is 1. The Morgan fingerprint density at radius 3 is 2.42 bits per heavy atom. The van der Waals surface area contributed by atoms with E-state index in [9.17, 15) is 14.9 Å². The number of benzene rings is 2. The fourth-order valence-electron chi connectivity index (χ4n) is 3.05. The number of ether oxygens (including phenoxy) is 2. The summed E-state index contributed by atoms with van der Waals surface area (Å²) in [5.74, 6) is 0.0433. The smallest absolute Gasteiger partial charge is 0.264 e. The van der Waals surface area contributed by atoms with Gasteiger partial charge in [0.2, 0.25) is 0 Å². The van der Waals surface area contributed by atoms with Crippen molar-refractivity contribution in [1.82, 2.24) is 10.6 Å². The van der Waals surface area contributed by atoms with E-state index in [0.29, 0.717) is 42.0 Å². The summed E-state index contributed by atoms with van der Waals surface area (Å²) in [6.07, 6.45) is 0.624. The number of carbonyl (C=O) groups is 2. The summed E-state index contributed by atoms with van der Waals surface area (Å²) in [6, 6.07) is 15.7. The molecule has 1 aliphatic heterocycles. The molecule has 0 aliphatic carbocycles. The third-order valence-electron chi connectivity index (χ3n) is 4.63. The van der Waals surface area contributed by atoms with Crippen molar-refractivity contribution < 1.29 is 19.1 Å². The molecule has 1 heterocycles. The Hall–Kier alpha value is -3.96. The number of nitrogens with one attached hydrogen (secondary N) is 2. The van der Waals surface area contributed by atoms with E-state index in [1.807, 2.05) is 6.07 Å². The first-order chi connectivity index (χ1) is 15.1. The van der Waals surface area contributed by atoms with Crippen LogP contribution in [0.3, 0.4) is 0 Å². The van der Waals surface area contributed by atoms with Gasteiger partial charge >= 0.3 is 0 Å². The van der Waals surface area contributed by atoms with Gasteiger partial charge in [0, 0.05) is 37.0 Å². The first kappa shape index (κ1) is 21.7. The van der Waals surface area contributed by atoms with E-state index in [1.54, 1.807) is 62.8 Å². The monoisotopic (exact) mass is 418 g/mol. The molecule has 0 fully saturated rings. The molecule has 0 atom stereocenters. The van der Waals surface area contributed by atoms with E-state index >= 15 is 0 Å². The van der Waals surface area contributed by atoms with Gasteiger partial charge in [-0.3, -0.25) is 9.59 Å². The van der Waals surface area contributed by atoms with Gasteiger partial charge < -0.3 is 20.1 Å². The van der Waals surface area contributed by atoms with Gasteiger partial charge in [-0.1, -0.05) is 24.3 Å². The zero-order valence-electron chi connectivity index (χ0n) is 17.3. The molecule has 0 aromatic heterocycles.